The zero-order chi connectivity index (χ0) is 16.1. The van der Waals surface area contributed by atoms with Gasteiger partial charge in [-0.1, -0.05) is 17.7 Å². The fourth-order valence-electron chi connectivity index (χ4n) is 2.37. The van der Waals surface area contributed by atoms with Crippen molar-refractivity contribution in [2.75, 3.05) is 0 Å². The number of ketones is 1. The first kappa shape index (κ1) is 14.3. The molecule has 112 valence electrons. The highest BCUT2D eigenvalue weighted by atomic mass is 19.4. The summed E-state index contributed by atoms with van der Waals surface area (Å²) in [4.78, 5) is 12.3. The summed E-state index contributed by atoms with van der Waals surface area (Å²) in [6.45, 7) is 1.85. The van der Waals surface area contributed by atoms with Gasteiger partial charge in [0, 0.05) is 6.07 Å². The average molecular weight is 305 g/mol. The lowest BCUT2D eigenvalue weighted by Crippen LogP contribution is -2.16. The van der Waals surface area contributed by atoms with Crippen molar-refractivity contribution < 1.29 is 22.7 Å². The molecule has 0 spiro atoms. The SMILES string of the molecule is Cc1ccc(C2=[N+]([O-])c3cc(C(F)(F)F)ccc3C2=O)cc1. The number of hydrogen-bond acceptors (Lipinski definition) is 2. The smallest absolute Gasteiger partial charge is 0.416 e. The number of aryl methyl sites for hydroxylation is 1. The van der Waals surface area contributed by atoms with Crippen molar-refractivity contribution >= 4 is 17.2 Å². The monoisotopic (exact) mass is 305 g/mol. The van der Waals surface area contributed by atoms with E-state index in [4.69, 9.17) is 0 Å². The molecule has 0 bridgehead atoms. The van der Waals surface area contributed by atoms with E-state index >= 15 is 0 Å². The van der Waals surface area contributed by atoms with Gasteiger partial charge in [-0.15, -0.1) is 0 Å². The lowest BCUT2D eigenvalue weighted by atomic mass is 10.0. The standard InChI is InChI=1S/C16H10F3NO2/c1-9-2-4-10(5-3-9)14-15(21)12-7-6-11(16(17,18)19)8-13(12)20(14)22/h2-8H,1H3. The Balaban J connectivity index is 2.15. The Morgan fingerprint density at radius 1 is 1.05 bits per heavy atom. The third-order valence-electron chi connectivity index (χ3n) is 3.53. The average Bonchev–Trinajstić information content (AvgIpc) is 2.71. The van der Waals surface area contributed by atoms with E-state index in [2.05, 4.69) is 0 Å². The number of hydrogen-bond donors (Lipinski definition) is 0. The van der Waals surface area contributed by atoms with Crippen LogP contribution in [-0.4, -0.2) is 16.2 Å². The van der Waals surface area contributed by atoms with Crippen molar-refractivity contribution in [2.45, 2.75) is 13.1 Å². The first-order chi connectivity index (χ1) is 10.3. The van der Waals surface area contributed by atoms with Gasteiger partial charge in [0.05, 0.1) is 11.1 Å². The second kappa shape index (κ2) is 4.69. The van der Waals surface area contributed by atoms with Crippen molar-refractivity contribution in [3.8, 4) is 0 Å². The quantitative estimate of drug-likeness (QED) is 0.593. The van der Waals surface area contributed by atoms with Crippen LogP contribution in [0.5, 0.6) is 0 Å². The van der Waals surface area contributed by atoms with E-state index < -0.39 is 17.5 Å². The molecule has 3 rings (SSSR count). The summed E-state index contributed by atoms with van der Waals surface area (Å²) in [5.74, 6) is -0.567. The van der Waals surface area contributed by atoms with Crippen LogP contribution in [0.4, 0.5) is 18.9 Å². The molecule has 3 nitrogen and oxygen atoms in total. The maximum Gasteiger partial charge on any atom is 0.416 e. The van der Waals surface area contributed by atoms with Crippen LogP contribution in [0, 0.1) is 12.1 Å². The molecule has 0 amide bonds. The minimum atomic E-state index is -4.56. The van der Waals surface area contributed by atoms with Gasteiger partial charge in [-0.05, 0) is 31.2 Å². The second-order valence-corrected chi connectivity index (χ2v) is 5.07. The number of rotatable bonds is 1. The number of carbonyl (C=O) groups excluding carboxylic acids is 1. The van der Waals surface area contributed by atoms with Gasteiger partial charge in [-0.3, -0.25) is 4.79 Å². The molecule has 22 heavy (non-hydrogen) atoms. The van der Waals surface area contributed by atoms with E-state index in [-0.39, 0.29) is 21.7 Å². The van der Waals surface area contributed by atoms with Crippen molar-refractivity contribution in [3.63, 3.8) is 0 Å². The van der Waals surface area contributed by atoms with Crippen LogP contribution in [0.1, 0.15) is 27.0 Å². The molecule has 1 aliphatic heterocycles. The number of alkyl halides is 3. The van der Waals surface area contributed by atoms with E-state index in [9.17, 15) is 23.2 Å². The highest BCUT2D eigenvalue weighted by Crippen LogP contribution is 2.35. The van der Waals surface area contributed by atoms with Gasteiger partial charge in [0.25, 0.3) is 11.5 Å². The number of carbonyl (C=O) groups is 1. The molecule has 1 heterocycles. The summed E-state index contributed by atoms with van der Waals surface area (Å²) in [5, 5.41) is 12.3. The molecule has 0 atom stereocenters. The second-order valence-electron chi connectivity index (χ2n) is 5.07. The lowest BCUT2D eigenvalue weighted by Gasteiger charge is -2.07. The number of benzene rings is 2. The molecule has 0 saturated heterocycles. The Kier molecular flexibility index (Phi) is 3.05. The van der Waals surface area contributed by atoms with Gasteiger partial charge < -0.3 is 5.21 Å². The molecule has 0 aliphatic carbocycles. The third-order valence-corrected chi connectivity index (χ3v) is 3.53. The predicted molar refractivity (Wildman–Crippen MR) is 74.3 cm³/mol. The van der Waals surface area contributed by atoms with E-state index in [1.54, 1.807) is 24.3 Å². The lowest BCUT2D eigenvalue weighted by molar-refractivity contribution is -0.355. The zero-order valence-electron chi connectivity index (χ0n) is 11.4. The molecule has 0 saturated carbocycles. The van der Waals surface area contributed by atoms with Crippen molar-refractivity contribution in [3.05, 3.63) is 69.9 Å². The maximum absolute atomic E-state index is 12.7. The molecular weight excluding hydrogens is 295 g/mol. The van der Waals surface area contributed by atoms with Crippen LogP contribution in [0.25, 0.3) is 0 Å². The van der Waals surface area contributed by atoms with Crippen molar-refractivity contribution in [2.24, 2.45) is 0 Å². The summed E-state index contributed by atoms with van der Waals surface area (Å²) < 4.78 is 38.5. The molecule has 0 aromatic heterocycles. The normalized spacial score (nSPS) is 14.5. The van der Waals surface area contributed by atoms with Crippen molar-refractivity contribution in [1.29, 1.82) is 0 Å². The number of nitrogens with zero attached hydrogens (tertiary/aromatic N) is 1. The molecule has 0 fully saturated rings. The van der Waals surface area contributed by atoms with Gasteiger partial charge in [-0.25, -0.2) is 0 Å². The molecule has 2 aromatic carbocycles. The molecule has 2 aromatic rings. The molecule has 0 unspecified atom stereocenters. The Bertz CT molecular complexity index is 805. The first-order valence-electron chi connectivity index (χ1n) is 6.46. The zero-order valence-corrected chi connectivity index (χ0v) is 11.4. The first-order valence-corrected chi connectivity index (χ1v) is 6.46. The van der Waals surface area contributed by atoms with Gasteiger partial charge in [-0.2, -0.15) is 17.9 Å². The van der Waals surface area contributed by atoms with Crippen LogP contribution >= 0.6 is 0 Å². The summed E-state index contributed by atoms with van der Waals surface area (Å²) in [7, 11) is 0. The molecule has 0 N–H and O–H groups in total. The van der Waals surface area contributed by atoms with Crippen LogP contribution in [0.15, 0.2) is 42.5 Å². The highest BCUT2D eigenvalue weighted by Gasteiger charge is 2.39. The minimum Gasteiger partial charge on any atom is -0.618 e. The number of halogens is 3. The van der Waals surface area contributed by atoms with E-state index in [1.165, 1.54) is 0 Å². The Labute approximate surface area is 123 Å². The summed E-state index contributed by atoms with van der Waals surface area (Å²) >= 11 is 0. The van der Waals surface area contributed by atoms with E-state index in [0.717, 1.165) is 17.7 Å². The van der Waals surface area contributed by atoms with E-state index in [0.29, 0.717) is 11.6 Å². The minimum absolute atomic E-state index is 0.0152. The maximum atomic E-state index is 12.7. The van der Waals surface area contributed by atoms with Crippen molar-refractivity contribution in [1.82, 2.24) is 0 Å². The van der Waals surface area contributed by atoms with Crippen LogP contribution in [0.3, 0.4) is 0 Å². The summed E-state index contributed by atoms with van der Waals surface area (Å²) in [5.41, 5.74) is -0.0622. The number of Topliss-reactive ketones (excluding diaryl/α,β-unsaturated/α-hetero) is 1. The third kappa shape index (κ3) is 2.16. The Hall–Kier alpha value is -2.63. The summed E-state index contributed by atoms with van der Waals surface area (Å²) in [6.07, 6.45) is -4.56. The fraction of sp³-hybridized carbons (Fsp3) is 0.125. The van der Waals surface area contributed by atoms with Crippen LogP contribution < -0.4 is 0 Å². The van der Waals surface area contributed by atoms with Gasteiger partial charge in [0.1, 0.15) is 5.56 Å². The summed E-state index contributed by atoms with van der Waals surface area (Å²) in [6, 6.07) is 9.23. The topological polar surface area (TPSA) is 43.1 Å². The van der Waals surface area contributed by atoms with Crippen LogP contribution in [0.2, 0.25) is 0 Å². The molecule has 6 heteroatoms. The van der Waals surface area contributed by atoms with Gasteiger partial charge in [0.15, 0.2) is 0 Å². The Morgan fingerprint density at radius 3 is 2.27 bits per heavy atom. The molecule has 1 aliphatic rings. The van der Waals surface area contributed by atoms with Crippen LogP contribution in [-0.2, 0) is 6.18 Å². The largest absolute Gasteiger partial charge is 0.618 e. The number of fused-ring (bicyclic) bond motifs is 1. The molecular formula is C16H10F3NO2. The van der Waals surface area contributed by atoms with Gasteiger partial charge >= 0.3 is 6.18 Å². The Morgan fingerprint density at radius 2 is 1.68 bits per heavy atom. The predicted octanol–water partition coefficient (Wildman–Crippen LogP) is 3.84. The molecule has 0 radical (unpaired) electrons. The highest BCUT2D eigenvalue weighted by molar-refractivity contribution is 6.52. The van der Waals surface area contributed by atoms with Gasteiger partial charge in [0.2, 0.25) is 5.69 Å². The van der Waals surface area contributed by atoms with E-state index in [1.807, 2.05) is 6.92 Å². The fourth-order valence-corrected chi connectivity index (χ4v) is 2.37.